The van der Waals surface area contributed by atoms with Gasteiger partial charge in [0, 0.05) is 38.1 Å². The topological polar surface area (TPSA) is 67.4 Å². The van der Waals surface area contributed by atoms with Crippen molar-refractivity contribution in [1.82, 2.24) is 20.2 Å². The normalized spacial score (nSPS) is 25.1. The molecule has 3 atom stereocenters. The second-order valence-corrected chi connectivity index (χ2v) is 5.36. The van der Waals surface area contributed by atoms with Crippen LogP contribution in [0.2, 0.25) is 0 Å². The molecule has 1 aliphatic heterocycles. The van der Waals surface area contributed by atoms with Crippen LogP contribution in [0, 0.1) is 0 Å². The molecule has 0 unspecified atom stereocenters. The van der Waals surface area contributed by atoms with Crippen LogP contribution in [0.4, 0.5) is 0 Å². The Labute approximate surface area is 119 Å². The van der Waals surface area contributed by atoms with Crippen molar-refractivity contribution < 1.29 is 9.53 Å². The smallest absolute Gasteiger partial charge is 0.271 e. The summed E-state index contributed by atoms with van der Waals surface area (Å²) in [4.78, 5) is 22.1. The van der Waals surface area contributed by atoms with Gasteiger partial charge in [-0.05, 0) is 20.8 Å². The SMILES string of the molecule is C[C@@H]1CN([C@@H](C)CNC(=O)c2cnccn2)C[C@H](C)O1. The highest BCUT2D eigenvalue weighted by molar-refractivity contribution is 5.91. The third-order valence-corrected chi connectivity index (χ3v) is 3.43. The highest BCUT2D eigenvalue weighted by atomic mass is 16.5. The quantitative estimate of drug-likeness (QED) is 0.878. The Morgan fingerprint density at radius 2 is 2.15 bits per heavy atom. The highest BCUT2D eigenvalue weighted by Crippen LogP contribution is 2.13. The molecule has 20 heavy (non-hydrogen) atoms. The van der Waals surface area contributed by atoms with E-state index < -0.39 is 0 Å². The zero-order valence-electron chi connectivity index (χ0n) is 12.2. The summed E-state index contributed by atoms with van der Waals surface area (Å²) >= 11 is 0. The van der Waals surface area contributed by atoms with Crippen molar-refractivity contribution in [3.63, 3.8) is 0 Å². The molecule has 1 fully saturated rings. The second-order valence-electron chi connectivity index (χ2n) is 5.36. The van der Waals surface area contributed by atoms with Crippen LogP contribution in [0.1, 0.15) is 31.3 Å². The van der Waals surface area contributed by atoms with E-state index in [0.29, 0.717) is 12.2 Å². The predicted octanol–water partition coefficient (Wildman–Crippen LogP) is 0.704. The monoisotopic (exact) mass is 278 g/mol. The number of rotatable bonds is 4. The maximum atomic E-state index is 11.9. The first-order valence-electron chi connectivity index (χ1n) is 7.00. The first-order chi connectivity index (χ1) is 9.56. The third kappa shape index (κ3) is 3.98. The summed E-state index contributed by atoms with van der Waals surface area (Å²) in [6.45, 7) is 8.65. The Bertz CT molecular complexity index is 430. The molecular formula is C14H22N4O2. The molecule has 1 N–H and O–H groups in total. The Balaban J connectivity index is 1.83. The number of nitrogens with zero attached hydrogens (tertiary/aromatic N) is 3. The molecular weight excluding hydrogens is 256 g/mol. The van der Waals surface area contributed by atoms with E-state index in [1.807, 2.05) is 0 Å². The van der Waals surface area contributed by atoms with Gasteiger partial charge in [-0.25, -0.2) is 4.98 Å². The van der Waals surface area contributed by atoms with Gasteiger partial charge in [-0.3, -0.25) is 14.7 Å². The van der Waals surface area contributed by atoms with Crippen LogP contribution >= 0.6 is 0 Å². The van der Waals surface area contributed by atoms with Gasteiger partial charge in [0.15, 0.2) is 0 Å². The molecule has 0 bridgehead atoms. The van der Waals surface area contributed by atoms with Crippen LogP contribution in [-0.2, 0) is 4.74 Å². The lowest BCUT2D eigenvalue weighted by Crippen LogP contribution is -2.52. The number of ether oxygens (including phenoxy) is 1. The lowest BCUT2D eigenvalue weighted by Gasteiger charge is -2.38. The molecule has 6 heteroatoms. The minimum Gasteiger partial charge on any atom is -0.373 e. The van der Waals surface area contributed by atoms with Gasteiger partial charge in [-0.1, -0.05) is 0 Å². The molecule has 1 aliphatic rings. The van der Waals surface area contributed by atoms with E-state index in [1.165, 1.54) is 12.4 Å². The van der Waals surface area contributed by atoms with E-state index in [4.69, 9.17) is 4.74 Å². The lowest BCUT2D eigenvalue weighted by molar-refractivity contribution is -0.0778. The van der Waals surface area contributed by atoms with Gasteiger partial charge in [0.2, 0.25) is 0 Å². The van der Waals surface area contributed by atoms with E-state index >= 15 is 0 Å². The summed E-state index contributed by atoms with van der Waals surface area (Å²) in [6, 6.07) is 0.268. The molecule has 2 heterocycles. The van der Waals surface area contributed by atoms with Crippen LogP contribution in [0.25, 0.3) is 0 Å². The number of hydrogen-bond acceptors (Lipinski definition) is 5. The molecule has 0 saturated carbocycles. The largest absolute Gasteiger partial charge is 0.373 e. The number of nitrogens with one attached hydrogen (secondary N) is 1. The summed E-state index contributed by atoms with van der Waals surface area (Å²) in [5.74, 6) is -0.181. The fourth-order valence-electron chi connectivity index (χ4n) is 2.45. The summed E-state index contributed by atoms with van der Waals surface area (Å²) in [7, 11) is 0. The van der Waals surface area contributed by atoms with Gasteiger partial charge in [0.05, 0.1) is 18.4 Å². The number of amides is 1. The maximum Gasteiger partial charge on any atom is 0.271 e. The van der Waals surface area contributed by atoms with Crippen LogP contribution in [0.15, 0.2) is 18.6 Å². The maximum absolute atomic E-state index is 11.9. The van der Waals surface area contributed by atoms with Gasteiger partial charge in [-0.2, -0.15) is 0 Å². The second kappa shape index (κ2) is 6.76. The van der Waals surface area contributed by atoms with Crippen molar-refractivity contribution in [3.05, 3.63) is 24.3 Å². The van der Waals surface area contributed by atoms with Crippen LogP contribution in [0.3, 0.4) is 0 Å². The van der Waals surface area contributed by atoms with E-state index in [9.17, 15) is 4.79 Å². The molecule has 1 aromatic heterocycles. The average Bonchev–Trinajstić information content (AvgIpc) is 2.44. The van der Waals surface area contributed by atoms with E-state index in [1.54, 1.807) is 6.20 Å². The first kappa shape index (κ1) is 14.9. The Morgan fingerprint density at radius 3 is 2.75 bits per heavy atom. The van der Waals surface area contributed by atoms with E-state index in [-0.39, 0.29) is 24.2 Å². The predicted molar refractivity (Wildman–Crippen MR) is 75.4 cm³/mol. The highest BCUT2D eigenvalue weighted by Gasteiger charge is 2.25. The first-order valence-corrected chi connectivity index (χ1v) is 7.00. The number of carbonyl (C=O) groups is 1. The molecule has 1 amide bonds. The van der Waals surface area contributed by atoms with E-state index in [2.05, 4.69) is 41.0 Å². The van der Waals surface area contributed by atoms with Gasteiger partial charge in [-0.15, -0.1) is 0 Å². The summed E-state index contributed by atoms with van der Waals surface area (Å²) in [6.07, 6.45) is 5.01. The molecule has 0 radical (unpaired) electrons. The van der Waals surface area contributed by atoms with Crippen molar-refractivity contribution >= 4 is 5.91 Å². The molecule has 0 aromatic carbocycles. The number of hydrogen-bond donors (Lipinski definition) is 1. The third-order valence-electron chi connectivity index (χ3n) is 3.43. The van der Waals surface area contributed by atoms with Gasteiger partial charge < -0.3 is 10.1 Å². The Kier molecular flexibility index (Phi) is 5.03. The van der Waals surface area contributed by atoms with Gasteiger partial charge >= 0.3 is 0 Å². The van der Waals surface area contributed by atoms with Crippen molar-refractivity contribution in [3.8, 4) is 0 Å². The average molecular weight is 278 g/mol. The number of aromatic nitrogens is 2. The lowest BCUT2D eigenvalue weighted by atomic mass is 10.1. The molecule has 1 aromatic rings. The van der Waals surface area contributed by atoms with Gasteiger partial charge in [0.1, 0.15) is 5.69 Å². The molecule has 6 nitrogen and oxygen atoms in total. The zero-order chi connectivity index (χ0) is 14.5. The summed E-state index contributed by atoms with van der Waals surface area (Å²) < 4.78 is 5.71. The minimum absolute atomic E-state index is 0.181. The van der Waals surface area contributed by atoms with Gasteiger partial charge in [0.25, 0.3) is 5.91 Å². The van der Waals surface area contributed by atoms with Crippen LogP contribution in [0.5, 0.6) is 0 Å². The molecule has 0 aliphatic carbocycles. The fourth-order valence-corrected chi connectivity index (χ4v) is 2.45. The molecule has 110 valence electrons. The fraction of sp³-hybridized carbons (Fsp3) is 0.643. The van der Waals surface area contributed by atoms with Crippen molar-refractivity contribution in [2.75, 3.05) is 19.6 Å². The Hall–Kier alpha value is -1.53. The van der Waals surface area contributed by atoms with Crippen LogP contribution in [-0.4, -0.2) is 58.7 Å². The number of carbonyl (C=O) groups excluding carboxylic acids is 1. The Morgan fingerprint density at radius 1 is 1.45 bits per heavy atom. The minimum atomic E-state index is -0.181. The van der Waals surface area contributed by atoms with Crippen LogP contribution < -0.4 is 5.32 Å². The van der Waals surface area contributed by atoms with Crippen molar-refractivity contribution in [2.24, 2.45) is 0 Å². The standard InChI is InChI=1S/C14H22N4O2/c1-10(18-8-11(2)20-12(3)9-18)6-17-14(19)13-7-15-4-5-16-13/h4-5,7,10-12H,6,8-9H2,1-3H3,(H,17,19)/t10-,11-,12+/m0/s1. The summed E-state index contributed by atoms with van der Waals surface area (Å²) in [5.41, 5.74) is 0.350. The molecule has 1 saturated heterocycles. The molecule has 2 rings (SSSR count). The zero-order valence-corrected chi connectivity index (χ0v) is 12.2. The van der Waals surface area contributed by atoms with Crippen molar-refractivity contribution in [2.45, 2.75) is 39.0 Å². The molecule has 0 spiro atoms. The summed E-state index contributed by atoms with van der Waals surface area (Å²) in [5, 5.41) is 2.90. The van der Waals surface area contributed by atoms with Crippen molar-refractivity contribution in [1.29, 1.82) is 0 Å². The number of morpholine rings is 1. The van der Waals surface area contributed by atoms with E-state index in [0.717, 1.165) is 13.1 Å².